The van der Waals surface area contributed by atoms with E-state index < -0.39 is 0 Å². The van der Waals surface area contributed by atoms with Gasteiger partial charge in [0.15, 0.2) is 11.6 Å². The Hall–Kier alpha value is -2.69. The van der Waals surface area contributed by atoms with Crippen molar-refractivity contribution < 1.29 is 4.39 Å². The van der Waals surface area contributed by atoms with Crippen LogP contribution in [0.1, 0.15) is 11.1 Å². The summed E-state index contributed by atoms with van der Waals surface area (Å²) in [6, 6.07) is 13.0. The molecule has 0 saturated carbocycles. The SMILES string of the molecule is Fc1cccnc1NCc1cccc(Cn2cccn2)c1. The van der Waals surface area contributed by atoms with Gasteiger partial charge in [0.2, 0.25) is 0 Å². The minimum atomic E-state index is -0.342. The van der Waals surface area contributed by atoms with Crippen molar-refractivity contribution in [2.45, 2.75) is 13.1 Å². The maximum Gasteiger partial charge on any atom is 0.165 e. The highest BCUT2D eigenvalue weighted by atomic mass is 19.1. The lowest BCUT2D eigenvalue weighted by atomic mass is 10.1. The second-order valence-corrected chi connectivity index (χ2v) is 4.71. The van der Waals surface area contributed by atoms with E-state index in [1.807, 2.05) is 35.1 Å². The van der Waals surface area contributed by atoms with Crippen LogP contribution >= 0.6 is 0 Å². The Labute approximate surface area is 122 Å². The molecule has 5 heteroatoms. The molecule has 3 aromatic rings. The number of anilines is 1. The fraction of sp³-hybridized carbons (Fsp3) is 0.125. The third-order valence-electron chi connectivity index (χ3n) is 3.11. The molecule has 1 aromatic carbocycles. The van der Waals surface area contributed by atoms with E-state index in [0.29, 0.717) is 6.54 Å². The average Bonchev–Trinajstić information content (AvgIpc) is 3.00. The third-order valence-corrected chi connectivity index (χ3v) is 3.11. The van der Waals surface area contributed by atoms with Crippen LogP contribution in [0, 0.1) is 5.82 Å². The van der Waals surface area contributed by atoms with Crippen molar-refractivity contribution in [2.75, 3.05) is 5.32 Å². The number of pyridine rings is 1. The molecule has 0 atom stereocenters. The van der Waals surface area contributed by atoms with Gasteiger partial charge in [0.1, 0.15) is 0 Å². The number of hydrogen-bond acceptors (Lipinski definition) is 3. The van der Waals surface area contributed by atoms with Crippen LogP contribution in [0.3, 0.4) is 0 Å². The normalized spacial score (nSPS) is 10.5. The van der Waals surface area contributed by atoms with Gasteiger partial charge in [0.25, 0.3) is 0 Å². The van der Waals surface area contributed by atoms with Crippen molar-refractivity contribution in [1.82, 2.24) is 14.8 Å². The van der Waals surface area contributed by atoms with Gasteiger partial charge in [-0.1, -0.05) is 24.3 Å². The van der Waals surface area contributed by atoms with Crippen LogP contribution in [0.2, 0.25) is 0 Å². The smallest absolute Gasteiger partial charge is 0.165 e. The van der Waals surface area contributed by atoms with Crippen LogP contribution in [0.5, 0.6) is 0 Å². The highest BCUT2D eigenvalue weighted by molar-refractivity contribution is 5.37. The Morgan fingerprint density at radius 3 is 2.76 bits per heavy atom. The lowest BCUT2D eigenvalue weighted by Gasteiger charge is -2.08. The monoisotopic (exact) mass is 282 g/mol. The van der Waals surface area contributed by atoms with E-state index >= 15 is 0 Å². The van der Waals surface area contributed by atoms with Gasteiger partial charge in [0.05, 0.1) is 6.54 Å². The molecular formula is C16H15FN4. The summed E-state index contributed by atoms with van der Waals surface area (Å²) in [6.45, 7) is 1.25. The van der Waals surface area contributed by atoms with Gasteiger partial charge >= 0.3 is 0 Å². The number of hydrogen-bond donors (Lipinski definition) is 1. The van der Waals surface area contributed by atoms with Gasteiger partial charge in [-0.25, -0.2) is 9.37 Å². The number of nitrogens with zero attached hydrogens (tertiary/aromatic N) is 3. The van der Waals surface area contributed by atoms with Crippen LogP contribution in [0.15, 0.2) is 61.1 Å². The van der Waals surface area contributed by atoms with Crippen molar-refractivity contribution in [3.05, 3.63) is 78.0 Å². The third kappa shape index (κ3) is 3.45. The molecule has 0 radical (unpaired) electrons. The average molecular weight is 282 g/mol. The summed E-state index contributed by atoms with van der Waals surface area (Å²) >= 11 is 0. The minimum absolute atomic E-state index is 0.273. The predicted octanol–water partition coefficient (Wildman–Crippen LogP) is 3.08. The molecule has 4 nitrogen and oxygen atoms in total. The van der Waals surface area contributed by atoms with Crippen molar-refractivity contribution in [3.8, 4) is 0 Å². The number of nitrogens with one attached hydrogen (secondary N) is 1. The Kier molecular flexibility index (Phi) is 3.91. The summed E-state index contributed by atoms with van der Waals surface area (Å²) in [5.74, 6) is -0.0693. The quantitative estimate of drug-likeness (QED) is 0.782. The fourth-order valence-electron chi connectivity index (χ4n) is 2.12. The zero-order valence-corrected chi connectivity index (χ0v) is 11.4. The summed E-state index contributed by atoms with van der Waals surface area (Å²) < 4.78 is 15.4. The second-order valence-electron chi connectivity index (χ2n) is 4.71. The van der Waals surface area contributed by atoms with Crippen molar-refractivity contribution >= 4 is 5.82 Å². The van der Waals surface area contributed by atoms with E-state index in [9.17, 15) is 4.39 Å². The van der Waals surface area contributed by atoms with Gasteiger partial charge < -0.3 is 5.32 Å². The van der Waals surface area contributed by atoms with Crippen LogP contribution in [0.4, 0.5) is 10.2 Å². The summed E-state index contributed by atoms with van der Waals surface area (Å²) in [5, 5.41) is 7.19. The largest absolute Gasteiger partial charge is 0.364 e. The Morgan fingerprint density at radius 2 is 1.95 bits per heavy atom. The lowest BCUT2D eigenvalue weighted by Crippen LogP contribution is -2.05. The molecule has 0 aliphatic heterocycles. The molecule has 3 rings (SSSR count). The lowest BCUT2D eigenvalue weighted by molar-refractivity contribution is 0.624. The maximum atomic E-state index is 13.5. The Balaban J connectivity index is 1.67. The molecule has 0 aliphatic rings. The predicted molar refractivity (Wildman–Crippen MR) is 79.3 cm³/mol. The Bertz CT molecular complexity index is 710. The first kappa shape index (κ1) is 13.3. The molecule has 0 fully saturated rings. The first-order valence-corrected chi connectivity index (χ1v) is 6.71. The molecule has 2 heterocycles. The van der Waals surface area contributed by atoms with Crippen LogP contribution in [0.25, 0.3) is 0 Å². The van der Waals surface area contributed by atoms with E-state index in [2.05, 4.69) is 21.5 Å². The zero-order chi connectivity index (χ0) is 14.5. The highest BCUT2D eigenvalue weighted by Crippen LogP contribution is 2.12. The Morgan fingerprint density at radius 1 is 1.05 bits per heavy atom. The van der Waals surface area contributed by atoms with Gasteiger partial charge in [-0.05, 0) is 29.3 Å². The molecule has 1 N–H and O–H groups in total. The number of aromatic nitrogens is 3. The molecule has 0 aliphatic carbocycles. The molecule has 106 valence electrons. The molecule has 2 aromatic heterocycles. The maximum absolute atomic E-state index is 13.5. The van der Waals surface area contributed by atoms with Crippen LogP contribution in [-0.2, 0) is 13.1 Å². The van der Waals surface area contributed by atoms with Crippen LogP contribution in [-0.4, -0.2) is 14.8 Å². The minimum Gasteiger partial charge on any atom is -0.364 e. The van der Waals surface area contributed by atoms with E-state index in [4.69, 9.17) is 0 Å². The second kappa shape index (κ2) is 6.17. The first-order valence-electron chi connectivity index (χ1n) is 6.71. The summed E-state index contributed by atoms with van der Waals surface area (Å²) in [5.41, 5.74) is 2.23. The zero-order valence-electron chi connectivity index (χ0n) is 11.4. The molecule has 0 amide bonds. The number of benzene rings is 1. The molecule has 0 bridgehead atoms. The summed E-state index contributed by atoms with van der Waals surface area (Å²) in [4.78, 5) is 3.98. The van der Waals surface area contributed by atoms with Gasteiger partial charge in [0, 0.05) is 25.1 Å². The first-order chi connectivity index (χ1) is 10.3. The van der Waals surface area contributed by atoms with E-state index in [0.717, 1.165) is 17.7 Å². The summed E-state index contributed by atoms with van der Waals surface area (Å²) in [6.07, 6.45) is 5.25. The fourth-order valence-corrected chi connectivity index (χ4v) is 2.12. The van der Waals surface area contributed by atoms with Gasteiger partial charge in [-0.2, -0.15) is 5.10 Å². The molecule has 0 saturated heterocycles. The van der Waals surface area contributed by atoms with Crippen molar-refractivity contribution in [1.29, 1.82) is 0 Å². The molecular weight excluding hydrogens is 267 g/mol. The van der Waals surface area contributed by atoms with Gasteiger partial charge in [-0.15, -0.1) is 0 Å². The standard InChI is InChI=1S/C16H15FN4/c17-15-6-2-7-18-16(15)19-11-13-4-1-5-14(10-13)12-21-9-3-8-20-21/h1-10H,11-12H2,(H,18,19). The van der Waals surface area contributed by atoms with Gasteiger partial charge in [-0.3, -0.25) is 4.68 Å². The molecule has 21 heavy (non-hydrogen) atoms. The van der Waals surface area contributed by atoms with Crippen molar-refractivity contribution in [3.63, 3.8) is 0 Å². The topological polar surface area (TPSA) is 42.7 Å². The number of halogens is 1. The summed E-state index contributed by atoms with van der Waals surface area (Å²) in [7, 11) is 0. The van der Waals surface area contributed by atoms with E-state index in [1.54, 1.807) is 18.5 Å². The van der Waals surface area contributed by atoms with E-state index in [1.165, 1.54) is 6.07 Å². The van der Waals surface area contributed by atoms with Crippen LogP contribution < -0.4 is 5.32 Å². The van der Waals surface area contributed by atoms with Crippen molar-refractivity contribution in [2.24, 2.45) is 0 Å². The highest BCUT2D eigenvalue weighted by Gasteiger charge is 2.02. The number of rotatable bonds is 5. The molecule has 0 spiro atoms. The molecule has 0 unspecified atom stereocenters. The van der Waals surface area contributed by atoms with E-state index in [-0.39, 0.29) is 11.6 Å².